The number of ether oxygens (including phenoxy) is 2. The molecule has 2 aromatic carbocycles. The summed E-state index contributed by atoms with van der Waals surface area (Å²) >= 11 is 0. The first-order valence-electron chi connectivity index (χ1n) is 11.2. The van der Waals surface area contributed by atoms with Gasteiger partial charge in [-0.3, -0.25) is 4.79 Å². The van der Waals surface area contributed by atoms with Crippen LogP contribution < -0.4 is 5.32 Å². The molecular formula is C25H29N5O4. The van der Waals surface area contributed by atoms with E-state index in [4.69, 9.17) is 9.47 Å². The fourth-order valence-electron chi connectivity index (χ4n) is 3.58. The highest BCUT2D eigenvalue weighted by atomic mass is 16.6. The molecule has 1 aromatic heterocycles. The highest BCUT2D eigenvalue weighted by molar-refractivity contribution is 6.03. The first-order chi connectivity index (χ1) is 16.2. The number of hydrogen-bond acceptors (Lipinski definition) is 6. The van der Waals surface area contributed by atoms with E-state index in [1.807, 2.05) is 63.2 Å². The summed E-state index contributed by atoms with van der Waals surface area (Å²) in [6.07, 6.45) is -0.609. The average molecular weight is 464 g/mol. The first-order valence-corrected chi connectivity index (χ1v) is 11.2. The second-order valence-electron chi connectivity index (χ2n) is 9.12. The van der Waals surface area contributed by atoms with Crippen LogP contribution in [-0.2, 0) is 9.47 Å². The minimum atomic E-state index is -0.546. The number of morpholine rings is 1. The molecule has 0 bridgehead atoms. The van der Waals surface area contributed by atoms with E-state index in [0.29, 0.717) is 31.1 Å². The zero-order chi connectivity index (χ0) is 24.3. The molecule has 1 aliphatic heterocycles. The Morgan fingerprint density at radius 2 is 1.76 bits per heavy atom. The van der Waals surface area contributed by atoms with E-state index in [1.54, 1.807) is 24.0 Å². The van der Waals surface area contributed by atoms with Crippen molar-refractivity contribution in [3.8, 4) is 5.69 Å². The molecule has 9 heteroatoms. The van der Waals surface area contributed by atoms with Gasteiger partial charge in [-0.05, 0) is 57.5 Å². The normalized spacial score (nSPS) is 16.2. The zero-order valence-corrected chi connectivity index (χ0v) is 19.8. The largest absolute Gasteiger partial charge is 0.444 e. The van der Waals surface area contributed by atoms with Crippen LogP contribution in [0.25, 0.3) is 5.69 Å². The van der Waals surface area contributed by atoms with Gasteiger partial charge in [0.1, 0.15) is 11.7 Å². The van der Waals surface area contributed by atoms with Gasteiger partial charge in [0.2, 0.25) is 0 Å². The van der Waals surface area contributed by atoms with Crippen molar-refractivity contribution >= 4 is 17.7 Å². The lowest BCUT2D eigenvalue weighted by Crippen LogP contribution is -2.44. The summed E-state index contributed by atoms with van der Waals surface area (Å²) in [5.41, 5.74) is 2.57. The SMILES string of the molecule is Cc1nn(-c2ccccc2)nc1C(=O)Nc1ccc(C2CN(C(=O)OC(C)(C)C)CCO2)cc1. The lowest BCUT2D eigenvalue weighted by molar-refractivity contribution is -0.0432. The van der Waals surface area contributed by atoms with Crippen molar-refractivity contribution in [2.24, 2.45) is 0 Å². The van der Waals surface area contributed by atoms with E-state index in [2.05, 4.69) is 15.5 Å². The number of para-hydroxylation sites is 1. The van der Waals surface area contributed by atoms with E-state index in [-0.39, 0.29) is 23.8 Å². The van der Waals surface area contributed by atoms with Crippen LogP contribution in [0.3, 0.4) is 0 Å². The average Bonchev–Trinajstić information content (AvgIpc) is 3.21. The summed E-state index contributed by atoms with van der Waals surface area (Å²) in [6, 6.07) is 16.8. The van der Waals surface area contributed by atoms with E-state index in [0.717, 1.165) is 11.3 Å². The summed E-state index contributed by atoms with van der Waals surface area (Å²) in [7, 11) is 0. The third-order valence-corrected chi connectivity index (χ3v) is 5.24. The number of nitrogens with one attached hydrogen (secondary N) is 1. The highest BCUT2D eigenvalue weighted by Gasteiger charge is 2.29. The predicted octanol–water partition coefficient (Wildman–Crippen LogP) is 4.14. The van der Waals surface area contributed by atoms with Crippen molar-refractivity contribution in [2.75, 3.05) is 25.0 Å². The van der Waals surface area contributed by atoms with Crippen molar-refractivity contribution in [3.63, 3.8) is 0 Å². The second kappa shape index (κ2) is 9.64. The fraction of sp³-hybridized carbons (Fsp3) is 0.360. The van der Waals surface area contributed by atoms with E-state index in [1.165, 1.54) is 4.80 Å². The van der Waals surface area contributed by atoms with Crippen molar-refractivity contribution < 1.29 is 19.1 Å². The van der Waals surface area contributed by atoms with Crippen LogP contribution in [-0.4, -0.2) is 57.2 Å². The number of hydrogen-bond donors (Lipinski definition) is 1. The standard InChI is InChI=1S/C25H29N5O4/c1-17-22(28-30(27-17)20-8-6-5-7-9-20)23(31)26-19-12-10-18(11-13-19)21-16-29(14-15-33-21)24(32)34-25(2,3)4/h5-13,21H,14-16H2,1-4H3,(H,26,31). The van der Waals surface area contributed by atoms with Gasteiger partial charge in [-0.25, -0.2) is 4.79 Å². The number of carbonyl (C=O) groups is 2. The van der Waals surface area contributed by atoms with Crippen LogP contribution >= 0.6 is 0 Å². The molecule has 9 nitrogen and oxygen atoms in total. The molecule has 0 radical (unpaired) electrons. The smallest absolute Gasteiger partial charge is 0.410 e. The van der Waals surface area contributed by atoms with Gasteiger partial charge in [-0.1, -0.05) is 30.3 Å². The Labute approximate surface area is 198 Å². The maximum Gasteiger partial charge on any atom is 0.410 e. The van der Waals surface area contributed by atoms with Crippen molar-refractivity contribution in [1.29, 1.82) is 0 Å². The highest BCUT2D eigenvalue weighted by Crippen LogP contribution is 2.25. The summed E-state index contributed by atoms with van der Waals surface area (Å²) in [5.74, 6) is -0.336. The molecule has 0 aliphatic carbocycles. The number of nitrogens with zero attached hydrogens (tertiary/aromatic N) is 4. The monoisotopic (exact) mass is 463 g/mol. The van der Waals surface area contributed by atoms with Gasteiger partial charge in [0.25, 0.3) is 5.91 Å². The summed E-state index contributed by atoms with van der Waals surface area (Å²) < 4.78 is 11.3. The number of aromatic nitrogens is 3. The van der Waals surface area contributed by atoms with E-state index in [9.17, 15) is 9.59 Å². The quantitative estimate of drug-likeness (QED) is 0.625. The maximum atomic E-state index is 12.8. The number of aryl methyl sites for hydroxylation is 1. The third kappa shape index (κ3) is 5.60. The van der Waals surface area contributed by atoms with Crippen molar-refractivity contribution in [2.45, 2.75) is 39.4 Å². The van der Waals surface area contributed by atoms with Crippen LogP contribution in [0.4, 0.5) is 10.5 Å². The molecule has 1 aliphatic rings. The number of rotatable bonds is 4. The van der Waals surface area contributed by atoms with Crippen LogP contribution in [0, 0.1) is 6.92 Å². The molecule has 1 unspecified atom stereocenters. The molecule has 34 heavy (non-hydrogen) atoms. The molecule has 1 fully saturated rings. The molecule has 1 N–H and O–H groups in total. The first kappa shape index (κ1) is 23.4. The van der Waals surface area contributed by atoms with Gasteiger partial charge in [0, 0.05) is 12.2 Å². The Balaban J connectivity index is 1.40. The third-order valence-electron chi connectivity index (χ3n) is 5.24. The predicted molar refractivity (Wildman–Crippen MR) is 127 cm³/mol. The van der Waals surface area contributed by atoms with Gasteiger partial charge in [-0.15, -0.1) is 5.10 Å². The topological polar surface area (TPSA) is 98.6 Å². The molecule has 1 atom stereocenters. The Bertz CT molecular complexity index is 1150. The van der Waals surface area contributed by atoms with Crippen molar-refractivity contribution in [1.82, 2.24) is 19.9 Å². The van der Waals surface area contributed by atoms with Crippen LogP contribution in [0.2, 0.25) is 0 Å². The molecule has 178 valence electrons. The minimum Gasteiger partial charge on any atom is -0.444 e. The number of amides is 2. The number of carbonyl (C=O) groups excluding carboxylic acids is 2. The van der Waals surface area contributed by atoms with Gasteiger partial charge >= 0.3 is 6.09 Å². The Morgan fingerprint density at radius 1 is 1.06 bits per heavy atom. The van der Waals surface area contributed by atoms with Gasteiger partial charge < -0.3 is 19.7 Å². The Kier molecular flexibility index (Phi) is 6.65. The molecule has 0 spiro atoms. The van der Waals surface area contributed by atoms with E-state index >= 15 is 0 Å². The summed E-state index contributed by atoms with van der Waals surface area (Å²) in [5, 5.41) is 11.6. The van der Waals surface area contributed by atoms with E-state index < -0.39 is 5.60 Å². The molecule has 1 saturated heterocycles. The van der Waals surface area contributed by atoms with Crippen LogP contribution in [0.15, 0.2) is 54.6 Å². The van der Waals surface area contributed by atoms with Gasteiger partial charge in [0.05, 0.1) is 24.5 Å². The molecule has 2 amide bonds. The molecular weight excluding hydrogens is 434 g/mol. The van der Waals surface area contributed by atoms with Crippen molar-refractivity contribution in [3.05, 3.63) is 71.5 Å². The lowest BCUT2D eigenvalue weighted by atomic mass is 10.1. The molecule has 3 aromatic rings. The zero-order valence-electron chi connectivity index (χ0n) is 19.8. The lowest BCUT2D eigenvalue weighted by Gasteiger charge is -2.34. The number of anilines is 1. The molecule has 4 rings (SSSR count). The maximum absolute atomic E-state index is 12.8. The van der Waals surface area contributed by atoms with Crippen LogP contribution in [0.5, 0.6) is 0 Å². The van der Waals surface area contributed by atoms with Crippen LogP contribution in [0.1, 0.15) is 48.6 Å². The number of benzene rings is 2. The fourth-order valence-corrected chi connectivity index (χ4v) is 3.58. The Hall–Kier alpha value is -3.72. The summed E-state index contributed by atoms with van der Waals surface area (Å²) in [6.45, 7) is 8.61. The minimum absolute atomic E-state index is 0.261. The Morgan fingerprint density at radius 3 is 2.44 bits per heavy atom. The van der Waals surface area contributed by atoms with Gasteiger partial charge in [-0.2, -0.15) is 9.90 Å². The molecule has 0 saturated carbocycles. The molecule has 2 heterocycles. The summed E-state index contributed by atoms with van der Waals surface area (Å²) in [4.78, 5) is 28.3. The second-order valence-corrected chi connectivity index (χ2v) is 9.12. The van der Waals surface area contributed by atoms with Gasteiger partial charge in [0.15, 0.2) is 5.69 Å².